The van der Waals surface area contributed by atoms with E-state index in [1.54, 1.807) is 29.2 Å². The Morgan fingerprint density at radius 1 is 1.03 bits per heavy atom. The number of rotatable bonds is 11. The summed E-state index contributed by atoms with van der Waals surface area (Å²) in [6.07, 6.45) is 0.737. The summed E-state index contributed by atoms with van der Waals surface area (Å²) in [6.45, 7) is 9.71. The van der Waals surface area contributed by atoms with Gasteiger partial charge < -0.3 is 24.5 Å². The molecule has 0 saturated carbocycles. The number of ether oxygens (including phenoxy) is 1. The van der Waals surface area contributed by atoms with Gasteiger partial charge in [-0.1, -0.05) is 38.1 Å². The molecule has 1 aliphatic heterocycles. The zero-order valence-electron chi connectivity index (χ0n) is 21.5. The quantitative estimate of drug-likeness (QED) is 0.294. The summed E-state index contributed by atoms with van der Waals surface area (Å²) in [5, 5.41) is 11.3. The molecule has 1 unspecified atom stereocenters. The van der Waals surface area contributed by atoms with E-state index in [1.807, 2.05) is 50.2 Å². The molecule has 0 bridgehead atoms. The molecular weight excluding hydrogens is 442 g/mol. The Balaban J connectivity index is 2.04. The third-order valence-electron chi connectivity index (χ3n) is 6.45. The summed E-state index contributed by atoms with van der Waals surface area (Å²) < 4.78 is 5.57. The van der Waals surface area contributed by atoms with Gasteiger partial charge in [0.05, 0.1) is 18.2 Å². The van der Waals surface area contributed by atoms with Crippen molar-refractivity contribution in [2.24, 2.45) is 0 Å². The molecule has 1 fully saturated rings. The number of anilines is 1. The predicted molar refractivity (Wildman–Crippen MR) is 140 cm³/mol. The number of nitrogens with zero attached hydrogens (tertiary/aromatic N) is 3. The van der Waals surface area contributed by atoms with Crippen LogP contribution < -0.4 is 9.64 Å². The highest BCUT2D eigenvalue weighted by Crippen LogP contribution is 2.40. The molecule has 2 aromatic carbocycles. The van der Waals surface area contributed by atoms with Gasteiger partial charge in [0.1, 0.15) is 11.5 Å². The molecule has 35 heavy (non-hydrogen) atoms. The highest BCUT2D eigenvalue weighted by molar-refractivity contribution is 6.46. The molecule has 1 atom stereocenters. The highest BCUT2D eigenvalue weighted by Gasteiger charge is 2.45. The van der Waals surface area contributed by atoms with Crippen molar-refractivity contribution in [2.45, 2.75) is 33.2 Å². The van der Waals surface area contributed by atoms with Crippen LogP contribution in [0.3, 0.4) is 0 Å². The van der Waals surface area contributed by atoms with E-state index in [2.05, 4.69) is 18.7 Å². The van der Waals surface area contributed by atoms with Crippen LogP contribution in [0, 0.1) is 0 Å². The van der Waals surface area contributed by atoms with E-state index in [0.717, 1.165) is 37.3 Å². The Kier molecular flexibility index (Phi) is 8.93. The average Bonchev–Trinajstić information content (AvgIpc) is 3.11. The smallest absolute Gasteiger partial charge is 0.295 e. The van der Waals surface area contributed by atoms with E-state index >= 15 is 0 Å². The number of aliphatic hydroxyl groups excluding tert-OH is 1. The molecule has 1 aliphatic rings. The maximum atomic E-state index is 13.3. The maximum absolute atomic E-state index is 13.3. The average molecular weight is 480 g/mol. The zero-order valence-corrected chi connectivity index (χ0v) is 21.5. The fraction of sp³-hybridized carbons (Fsp3) is 0.429. The lowest BCUT2D eigenvalue weighted by molar-refractivity contribution is -0.140. The Morgan fingerprint density at radius 2 is 1.71 bits per heavy atom. The first-order valence-corrected chi connectivity index (χ1v) is 12.3. The van der Waals surface area contributed by atoms with E-state index in [9.17, 15) is 14.7 Å². The van der Waals surface area contributed by atoms with Crippen molar-refractivity contribution in [3.63, 3.8) is 0 Å². The van der Waals surface area contributed by atoms with Crippen molar-refractivity contribution in [1.29, 1.82) is 0 Å². The second kappa shape index (κ2) is 11.9. The van der Waals surface area contributed by atoms with Crippen molar-refractivity contribution in [3.8, 4) is 5.75 Å². The van der Waals surface area contributed by atoms with Gasteiger partial charge >= 0.3 is 0 Å². The molecule has 2 aromatic rings. The van der Waals surface area contributed by atoms with Crippen molar-refractivity contribution < 1.29 is 19.4 Å². The number of likely N-dealkylation sites (tertiary alicyclic amines) is 1. The molecular formula is C28H37N3O4. The van der Waals surface area contributed by atoms with Crippen LogP contribution in [0.15, 0.2) is 54.1 Å². The molecule has 0 spiro atoms. The number of amides is 1. The summed E-state index contributed by atoms with van der Waals surface area (Å²) in [7, 11) is 3.92. The first-order valence-electron chi connectivity index (χ1n) is 12.3. The number of hydrogen-bond donors (Lipinski definition) is 1. The third kappa shape index (κ3) is 5.85. The summed E-state index contributed by atoms with van der Waals surface area (Å²) in [6, 6.07) is 14.1. The summed E-state index contributed by atoms with van der Waals surface area (Å²) in [5.41, 5.74) is 2.37. The van der Waals surface area contributed by atoms with Crippen LogP contribution in [0.4, 0.5) is 5.69 Å². The molecule has 0 aromatic heterocycles. The van der Waals surface area contributed by atoms with Gasteiger partial charge in [-0.2, -0.15) is 0 Å². The summed E-state index contributed by atoms with van der Waals surface area (Å²) >= 11 is 0. The number of carbonyl (C=O) groups is 2. The zero-order chi connectivity index (χ0) is 25.5. The fourth-order valence-electron chi connectivity index (χ4n) is 4.47. The van der Waals surface area contributed by atoms with Gasteiger partial charge in [0.15, 0.2) is 0 Å². The molecule has 1 saturated heterocycles. The van der Waals surface area contributed by atoms with Crippen LogP contribution in [0.25, 0.3) is 5.76 Å². The van der Waals surface area contributed by atoms with Crippen LogP contribution in [0.1, 0.15) is 44.4 Å². The van der Waals surface area contributed by atoms with E-state index in [4.69, 9.17) is 4.74 Å². The van der Waals surface area contributed by atoms with Gasteiger partial charge in [-0.05, 0) is 62.8 Å². The minimum Gasteiger partial charge on any atom is -0.507 e. The third-order valence-corrected chi connectivity index (χ3v) is 6.45. The Bertz CT molecular complexity index is 1060. The van der Waals surface area contributed by atoms with E-state index in [-0.39, 0.29) is 11.3 Å². The van der Waals surface area contributed by atoms with Crippen LogP contribution in [-0.2, 0) is 9.59 Å². The highest BCUT2D eigenvalue weighted by atomic mass is 16.5. The maximum Gasteiger partial charge on any atom is 0.295 e. The first-order chi connectivity index (χ1) is 16.8. The largest absolute Gasteiger partial charge is 0.507 e. The van der Waals surface area contributed by atoms with Gasteiger partial charge in [-0.25, -0.2) is 0 Å². The lowest BCUT2D eigenvalue weighted by Gasteiger charge is -2.27. The minimum absolute atomic E-state index is 0.115. The SMILES string of the molecule is CCOc1cccc(C(O)=C2C(=O)C(=O)N(CCCN(CC)CC)C2c2ccc(N(C)C)cc2)c1. The van der Waals surface area contributed by atoms with Crippen LogP contribution >= 0.6 is 0 Å². The second-order valence-corrected chi connectivity index (χ2v) is 8.82. The van der Waals surface area contributed by atoms with Gasteiger partial charge in [0, 0.05) is 31.9 Å². The minimum atomic E-state index is -0.658. The normalized spacial score (nSPS) is 17.3. The standard InChI is InChI=1S/C28H37N3O4/c1-6-30(7-2)17-10-18-31-25(20-13-15-22(16-14-20)29(4)5)24(27(33)28(31)34)26(32)21-11-9-12-23(19-21)35-8-3/h9,11-16,19,25,32H,6-8,10,17-18H2,1-5H3. The number of benzene rings is 2. The number of ketones is 1. The Labute approximate surface area is 208 Å². The van der Waals surface area contributed by atoms with E-state index < -0.39 is 17.7 Å². The lowest BCUT2D eigenvalue weighted by atomic mass is 9.95. The molecule has 7 nitrogen and oxygen atoms in total. The topological polar surface area (TPSA) is 73.3 Å². The molecule has 7 heteroatoms. The van der Waals surface area contributed by atoms with Crippen molar-refractivity contribution >= 4 is 23.1 Å². The molecule has 188 valence electrons. The molecule has 1 N–H and O–H groups in total. The molecule has 1 amide bonds. The van der Waals surface area contributed by atoms with Crippen LogP contribution in [0.5, 0.6) is 5.75 Å². The number of hydrogen-bond acceptors (Lipinski definition) is 6. The predicted octanol–water partition coefficient (Wildman–Crippen LogP) is 4.30. The van der Waals surface area contributed by atoms with Gasteiger partial charge in [-0.15, -0.1) is 0 Å². The van der Waals surface area contributed by atoms with Crippen LogP contribution in [0.2, 0.25) is 0 Å². The number of aliphatic hydroxyl groups is 1. The lowest BCUT2D eigenvalue weighted by Crippen LogP contribution is -2.33. The van der Waals surface area contributed by atoms with Crippen molar-refractivity contribution in [3.05, 3.63) is 65.2 Å². The van der Waals surface area contributed by atoms with E-state index in [1.165, 1.54) is 0 Å². The fourth-order valence-corrected chi connectivity index (χ4v) is 4.47. The monoisotopic (exact) mass is 479 g/mol. The molecule has 0 aliphatic carbocycles. The Morgan fingerprint density at radius 3 is 2.31 bits per heavy atom. The number of carbonyl (C=O) groups excluding carboxylic acids is 2. The molecule has 1 heterocycles. The molecule has 0 radical (unpaired) electrons. The summed E-state index contributed by atoms with van der Waals surface area (Å²) in [5.74, 6) is -0.822. The van der Waals surface area contributed by atoms with Crippen LogP contribution in [-0.4, -0.2) is 73.5 Å². The van der Waals surface area contributed by atoms with E-state index in [0.29, 0.717) is 24.5 Å². The summed E-state index contributed by atoms with van der Waals surface area (Å²) in [4.78, 5) is 32.3. The van der Waals surface area contributed by atoms with Crippen molar-refractivity contribution in [2.75, 3.05) is 51.8 Å². The first kappa shape index (κ1) is 26.3. The van der Waals surface area contributed by atoms with Gasteiger partial charge in [0.25, 0.3) is 11.7 Å². The van der Waals surface area contributed by atoms with Gasteiger partial charge in [-0.3, -0.25) is 9.59 Å². The van der Waals surface area contributed by atoms with Gasteiger partial charge in [0.2, 0.25) is 0 Å². The van der Waals surface area contributed by atoms with Crippen molar-refractivity contribution in [1.82, 2.24) is 9.80 Å². The Hall–Kier alpha value is -3.32. The second-order valence-electron chi connectivity index (χ2n) is 8.82. The molecule has 3 rings (SSSR count). The number of Topliss-reactive ketones (excluding diaryl/α,β-unsaturated/α-hetero) is 1.